The van der Waals surface area contributed by atoms with Gasteiger partial charge in [0.1, 0.15) is 0 Å². The summed E-state index contributed by atoms with van der Waals surface area (Å²) in [6.07, 6.45) is 2.16. The molecule has 1 amide bonds. The summed E-state index contributed by atoms with van der Waals surface area (Å²) >= 11 is 0. The molecule has 0 radical (unpaired) electrons. The van der Waals surface area contributed by atoms with E-state index in [0.717, 1.165) is 18.4 Å². The zero-order chi connectivity index (χ0) is 16.2. The van der Waals surface area contributed by atoms with Crippen LogP contribution in [0, 0.1) is 5.92 Å². The molecule has 1 atom stereocenters. The molecule has 4 nitrogen and oxygen atoms in total. The van der Waals surface area contributed by atoms with Crippen molar-refractivity contribution in [3.8, 4) is 0 Å². The Morgan fingerprint density at radius 2 is 1.83 bits per heavy atom. The first-order valence-electron chi connectivity index (χ1n) is 7.73. The fraction of sp³-hybridized carbons (Fsp3) is 0.263. The van der Waals surface area contributed by atoms with E-state index < -0.39 is 5.97 Å². The Morgan fingerprint density at radius 3 is 2.48 bits per heavy atom. The lowest BCUT2D eigenvalue weighted by atomic mass is 9.93. The van der Waals surface area contributed by atoms with E-state index in [9.17, 15) is 9.59 Å². The van der Waals surface area contributed by atoms with Gasteiger partial charge in [-0.1, -0.05) is 36.4 Å². The van der Waals surface area contributed by atoms with Crippen molar-refractivity contribution in [2.45, 2.75) is 18.8 Å². The second kappa shape index (κ2) is 6.65. The third-order valence-electron chi connectivity index (χ3n) is 4.09. The van der Waals surface area contributed by atoms with Gasteiger partial charge in [-0.05, 0) is 42.5 Å². The third kappa shape index (κ3) is 3.59. The minimum absolute atomic E-state index is 0.0271. The van der Waals surface area contributed by atoms with Crippen molar-refractivity contribution in [3.63, 3.8) is 0 Å². The van der Waals surface area contributed by atoms with Crippen molar-refractivity contribution in [1.29, 1.82) is 0 Å². The molecule has 2 aromatic carbocycles. The Morgan fingerprint density at radius 1 is 1.09 bits per heavy atom. The van der Waals surface area contributed by atoms with Gasteiger partial charge in [0.05, 0.1) is 18.6 Å². The van der Waals surface area contributed by atoms with E-state index in [1.54, 1.807) is 24.3 Å². The third-order valence-corrected chi connectivity index (χ3v) is 4.09. The van der Waals surface area contributed by atoms with Crippen LogP contribution in [0.2, 0.25) is 0 Å². The predicted molar refractivity (Wildman–Crippen MR) is 88.3 cm³/mol. The van der Waals surface area contributed by atoms with Crippen LogP contribution in [0.4, 0.5) is 5.69 Å². The Balaban J connectivity index is 1.79. The average molecular weight is 309 g/mol. The van der Waals surface area contributed by atoms with Gasteiger partial charge in [-0.25, -0.2) is 4.79 Å². The molecule has 1 N–H and O–H groups in total. The van der Waals surface area contributed by atoms with Gasteiger partial charge in [0.2, 0.25) is 5.91 Å². The molecule has 1 fully saturated rings. The Labute approximate surface area is 135 Å². The van der Waals surface area contributed by atoms with Crippen molar-refractivity contribution < 1.29 is 14.3 Å². The second-order valence-corrected chi connectivity index (χ2v) is 5.79. The van der Waals surface area contributed by atoms with Crippen LogP contribution in [0.15, 0.2) is 54.6 Å². The van der Waals surface area contributed by atoms with Gasteiger partial charge in [0, 0.05) is 5.69 Å². The van der Waals surface area contributed by atoms with Crippen LogP contribution in [0.5, 0.6) is 0 Å². The first-order valence-corrected chi connectivity index (χ1v) is 7.73. The summed E-state index contributed by atoms with van der Waals surface area (Å²) in [4.78, 5) is 24.3. The number of amides is 1. The smallest absolute Gasteiger partial charge is 0.337 e. The van der Waals surface area contributed by atoms with Crippen LogP contribution < -0.4 is 5.32 Å². The number of methoxy groups -OCH3 is 1. The minimum Gasteiger partial charge on any atom is -0.465 e. The quantitative estimate of drug-likeness (QED) is 0.859. The van der Waals surface area contributed by atoms with Crippen molar-refractivity contribution in [2.75, 3.05) is 12.4 Å². The van der Waals surface area contributed by atoms with Gasteiger partial charge in [-0.15, -0.1) is 0 Å². The second-order valence-electron chi connectivity index (χ2n) is 5.79. The van der Waals surface area contributed by atoms with Gasteiger partial charge < -0.3 is 10.1 Å². The summed E-state index contributed by atoms with van der Waals surface area (Å²) in [6.45, 7) is 0. The standard InChI is InChI=1S/C19H19NO3/c1-23-19(22)15-8-5-9-16(12-15)20-18(21)17(14-10-11-14)13-6-3-2-4-7-13/h2-9,12,14,17H,10-11H2,1H3,(H,20,21). The number of rotatable bonds is 5. The molecule has 118 valence electrons. The molecule has 1 aliphatic rings. The largest absolute Gasteiger partial charge is 0.465 e. The zero-order valence-electron chi connectivity index (χ0n) is 13.0. The number of benzene rings is 2. The highest BCUT2D eigenvalue weighted by Crippen LogP contribution is 2.43. The highest BCUT2D eigenvalue weighted by molar-refractivity contribution is 5.98. The van der Waals surface area contributed by atoms with Crippen molar-refractivity contribution >= 4 is 17.6 Å². The molecule has 0 spiro atoms. The summed E-state index contributed by atoms with van der Waals surface area (Å²) in [7, 11) is 1.34. The van der Waals surface area contributed by atoms with E-state index in [0.29, 0.717) is 17.2 Å². The molecule has 0 aliphatic heterocycles. The van der Waals surface area contributed by atoms with Gasteiger partial charge in [-0.2, -0.15) is 0 Å². The lowest BCUT2D eigenvalue weighted by molar-refractivity contribution is -0.118. The van der Waals surface area contributed by atoms with Crippen molar-refractivity contribution in [2.24, 2.45) is 5.92 Å². The molecule has 1 saturated carbocycles. The van der Waals surface area contributed by atoms with E-state index >= 15 is 0 Å². The zero-order valence-corrected chi connectivity index (χ0v) is 13.0. The summed E-state index contributed by atoms with van der Waals surface area (Å²) in [5, 5.41) is 2.93. The first kappa shape index (κ1) is 15.3. The maximum absolute atomic E-state index is 12.7. The molecule has 0 heterocycles. The molecular formula is C19H19NO3. The number of carbonyl (C=O) groups excluding carboxylic acids is 2. The summed E-state index contributed by atoms with van der Waals surface area (Å²) in [6, 6.07) is 16.7. The van der Waals surface area contributed by atoms with Crippen LogP contribution in [0.3, 0.4) is 0 Å². The fourth-order valence-corrected chi connectivity index (χ4v) is 2.79. The number of anilines is 1. The van der Waals surface area contributed by atoms with Gasteiger partial charge >= 0.3 is 5.97 Å². The number of hydrogen-bond acceptors (Lipinski definition) is 3. The van der Waals surface area contributed by atoms with Crippen LogP contribution in [0.25, 0.3) is 0 Å². The molecule has 0 saturated heterocycles. The van der Waals surface area contributed by atoms with Crippen LogP contribution in [0.1, 0.15) is 34.7 Å². The lowest BCUT2D eigenvalue weighted by Crippen LogP contribution is -2.22. The van der Waals surface area contributed by atoms with Crippen LogP contribution in [-0.2, 0) is 9.53 Å². The number of hydrogen-bond donors (Lipinski definition) is 1. The lowest BCUT2D eigenvalue weighted by Gasteiger charge is -2.17. The Bertz CT molecular complexity index is 708. The summed E-state index contributed by atoms with van der Waals surface area (Å²) < 4.78 is 4.71. The monoisotopic (exact) mass is 309 g/mol. The van der Waals surface area contributed by atoms with Crippen molar-refractivity contribution in [1.82, 2.24) is 0 Å². The number of ether oxygens (including phenoxy) is 1. The predicted octanol–water partition coefficient (Wildman–Crippen LogP) is 3.61. The number of carbonyl (C=O) groups is 2. The number of nitrogens with one attached hydrogen (secondary N) is 1. The van der Waals surface area contributed by atoms with Crippen LogP contribution >= 0.6 is 0 Å². The number of esters is 1. The van der Waals surface area contributed by atoms with E-state index in [2.05, 4.69) is 5.32 Å². The van der Waals surface area contributed by atoms with Gasteiger partial charge in [-0.3, -0.25) is 4.79 Å². The molecule has 23 heavy (non-hydrogen) atoms. The average Bonchev–Trinajstić information content (AvgIpc) is 3.40. The van der Waals surface area contributed by atoms with Crippen molar-refractivity contribution in [3.05, 3.63) is 65.7 Å². The molecule has 2 aromatic rings. The van der Waals surface area contributed by atoms with Gasteiger partial charge in [0.15, 0.2) is 0 Å². The van der Waals surface area contributed by atoms with E-state index in [1.165, 1.54) is 7.11 Å². The molecular weight excluding hydrogens is 290 g/mol. The van der Waals surface area contributed by atoms with E-state index in [1.807, 2.05) is 30.3 Å². The maximum atomic E-state index is 12.7. The molecule has 4 heteroatoms. The molecule has 0 aromatic heterocycles. The molecule has 0 bridgehead atoms. The first-order chi connectivity index (χ1) is 11.2. The Kier molecular flexibility index (Phi) is 4.42. The fourth-order valence-electron chi connectivity index (χ4n) is 2.79. The highest BCUT2D eigenvalue weighted by Gasteiger charge is 2.37. The normalized spacial score (nSPS) is 14.8. The topological polar surface area (TPSA) is 55.4 Å². The minimum atomic E-state index is -0.414. The van der Waals surface area contributed by atoms with Crippen LogP contribution in [-0.4, -0.2) is 19.0 Å². The molecule has 1 unspecified atom stereocenters. The van der Waals surface area contributed by atoms with E-state index in [-0.39, 0.29) is 11.8 Å². The summed E-state index contributed by atoms with van der Waals surface area (Å²) in [5.41, 5.74) is 2.07. The highest BCUT2D eigenvalue weighted by atomic mass is 16.5. The van der Waals surface area contributed by atoms with Gasteiger partial charge in [0.25, 0.3) is 0 Å². The maximum Gasteiger partial charge on any atom is 0.337 e. The summed E-state index contributed by atoms with van der Waals surface area (Å²) in [5.74, 6) is -0.178. The molecule has 3 rings (SSSR count). The Hall–Kier alpha value is -2.62. The van der Waals surface area contributed by atoms with E-state index in [4.69, 9.17) is 4.74 Å². The molecule has 1 aliphatic carbocycles. The SMILES string of the molecule is COC(=O)c1cccc(NC(=O)C(c2ccccc2)C2CC2)c1.